The molecule has 0 radical (unpaired) electrons. The van der Waals surface area contributed by atoms with E-state index in [4.69, 9.17) is 0 Å². The van der Waals surface area contributed by atoms with Crippen molar-refractivity contribution in [1.82, 2.24) is 4.98 Å². The normalized spacial score (nSPS) is 10.7. The summed E-state index contributed by atoms with van der Waals surface area (Å²) >= 11 is 5.00. The first-order valence-corrected chi connectivity index (χ1v) is 7.75. The molecule has 2 aromatic rings. The summed E-state index contributed by atoms with van der Waals surface area (Å²) in [6, 6.07) is 3.53. The average molecular weight is 341 g/mol. The number of halogens is 1. The number of rotatable bonds is 4. The molecule has 0 spiro atoms. The highest BCUT2D eigenvalue weighted by Gasteiger charge is 2.14. The minimum Gasteiger partial charge on any atom is -0.258 e. The number of hydrogen-bond donors (Lipinski definition) is 0. The van der Waals surface area contributed by atoms with Crippen molar-refractivity contribution < 1.29 is 4.92 Å². The van der Waals surface area contributed by atoms with Crippen LogP contribution in [-0.4, -0.2) is 9.91 Å². The first-order chi connectivity index (χ1) is 9.01. The van der Waals surface area contributed by atoms with Gasteiger partial charge in [0.15, 0.2) is 0 Å². The molecule has 0 aliphatic heterocycles. The van der Waals surface area contributed by atoms with Crippen molar-refractivity contribution in [2.75, 3.05) is 0 Å². The molecular formula is C13H13BrN2O2S. The van der Waals surface area contributed by atoms with Gasteiger partial charge in [0.1, 0.15) is 0 Å². The maximum Gasteiger partial charge on any atom is 0.272 e. The molecule has 4 nitrogen and oxygen atoms in total. The fourth-order valence-electron chi connectivity index (χ4n) is 1.90. The molecule has 100 valence electrons. The number of alkyl halides is 1. The van der Waals surface area contributed by atoms with Crippen LogP contribution in [0.2, 0.25) is 0 Å². The van der Waals surface area contributed by atoms with E-state index in [0.29, 0.717) is 5.56 Å². The van der Waals surface area contributed by atoms with Crippen LogP contribution in [0.25, 0.3) is 0 Å². The molecule has 0 aliphatic rings. The Labute approximate surface area is 123 Å². The predicted molar refractivity (Wildman–Crippen MR) is 80.1 cm³/mol. The summed E-state index contributed by atoms with van der Waals surface area (Å²) in [6.07, 6.45) is 0.725. The van der Waals surface area contributed by atoms with Crippen molar-refractivity contribution in [2.45, 2.75) is 25.6 Å². The number of aromatic nitrogens is 1. The zero-order valence-electron chi connectivity index (χ0n) is 10.6. The van der Waals surface area contributed by atoms with Crippen LogP contribution < -0.4 is 0 Å². The van der Waals surface area contributed by atoms with E-state index in [1.165, 1.54) is 0 Å². The summed E-state index contributed by atoms with van der Waals surface area (Å²) in [5, 5.41) is 14.7. The Balaban J connectivity index is 2.30. The van der Waals surface area contributed by atoms with Gasteiger partial charge < -0.3 is 0 Å². The standard InChI is InChI=1S/C13H13BrN2O2S/c1-8-4-12(16(17)18)9(2)3-10(8)5-13-15-11(6-14)7-19-13/h3-4,7H,5-6H2,1-2H3. The van der Waals surface area contributed by atoms with Crippen molar-refractivity contribution in [2.24, 2.45) is 0 Å². The fraction of sp³-hybridized carbons (Fsp3) is 0.308. The second-order valence-corrected chi connectivity index (χ2v) is 5.87. The molecule has 1 aromatic carbocycles. The average Bonchev–Trinajstić information content (AvgIpc) is 2.80. The molecule has 0 saturated heterocycles. The largest absolute Gasteiger partial charge is 0.272 e. The molecule has 1 heterocycles. The van der Waals surface area contributed by atoms with E-state index >= 15 is 0 Å². The van der Waals surface area contributed by atoms with Crippen LogP contribution >= 0.6 is 27.3 Å². The van der Waals surface area contributed by atoms with E-state index in [0.717, 1.165) is 33.6 Å². The second kappa shape index (κ2) is 5.79. The first-order valence-electron chi connectivity index (χ1n) is 5.75. The Morgan fingerprint density at radius 1 is 1.37 bits per heavy atom. The third-order valence-corrected chi connectivity index (χ3v) is 4.40. The summed E-state index contributed by atoms with van der Waals surface area (Å²) in [4.78, 5) is 15.0. The lowest BCUT2D eigenvalue weighted by molar-refractivity contribution is -0.385. The van der Waals surface area contributed by atoms with Crippen LogP contribution in [0.15, 0.2) is 17.5 Å². The topological polar surface area (TPSA) is 56.0 Å². The lowest BCUT2D eigenvalue weighted by Crippen LogP contribution is -1.98. The van der Waals surface area contributed by atoms with Gasteiger partial charge in [-0.15, -0.1) is 11.3 Å². The van der Waals surface area contributed by atoms with Gasteiger partial charge in [-0.05, 0) is 31.0 Å². The third-order valence-electron chi connectivity index (χ3n) is 2.93. The van der Waals surface area contributed by atoms with E-state index in [1.807, 2.05) is 18.4 Å². The number of thiazole rings is 1. The Morgan fingerprint density at radius 2 is 2.11 bits per heavy atom. The number of nitro benzene ring substituents is 1. The van der Waals surface area contributed by atoms with E-state index in [1.54, 1.807) is 24.3 Å². The van der Waals surface area contributed by atoms with Crippen molar-refractivity contribution in [3.63, 3.8) is 0 Å². The Bertz CT molecular complexity index is 625. The SMILES string of the molecule is Cc1cc([N+](=O)[O-])c(C)cc1Cc1nc(CBr)cs1. The molecule has 19 heavy (non-hydrogen) atoms. The zero-order chi connectivity index (χ0) is 14.0. The Hall–Kier alpha value is -1.27. The lowest BCUT2D eigenvalue weighted by Gasteiger charge is -2.06. The van der Waals surface area contributed by atoms with Gasteiger partial charge in [-0.2, -0.15) is 0 Å². The van der Waals surface area contributed by atoms with E-state index in [-0.39, 0.29) is 10.6 Å². The van der Waals surface area contributed by atoms with Gasteiger partial charge in [0.2, 0.25) is 0 Å². The monoisotopic (exact) mass is 340 g/mol. The van der Waals surface area contributed by atoms with Gasteiger partial charge in [-0.25, -0.2) is 4.98 Å². The number of nitro groups is 1. The molecule has 0 bridgehead atoms. The minimum absolute atomic E-state index is 0.182. The molecule has 0 N–H and O–H groups in total. The molecule has 6 heteroatoms. The molecule has 0 amide bonds. The Morgan fingerprint density at radius 3 is 2.68 bits per heavy atom. The molecule has 0 unspecified atom stereocenters. The fourth-order valence-corrected chi connectivity index (χ4v) is 3.22. The van der Waals surface area contributed by atoms with Gasteiger partial charge in [0.25, 0.3) is 5.69 Å². The number of aryl methyl sites for hydroxylation is 2. The van der Waals surface area contributed by atoms with Gasteiger partial charge in [0.05, 0.1) is 15.6 Å². The van der Waals surface area contributed by atoms with Gasteiger partial charge in [-0.1, -0.05) is 15.9 Å². The molecule has 0 aliphatic carbocycles. The van der Waals surface area contributed by atoms with Gasteiger partial charge >= 0.3 is 0 Å². The highest BCUT2D eigenvalue weighted by atomic mass is 79.9. The van der Waals surface area contributed by atoms with Gasteiger partial charge in [0, 0.05) is 28.8 Å². The predicted octanol–water partition coefficient (Wildman–Crippen LogP) is 4.15. The molecule has 0 atom stereocenters. The molecule has 2 rings (SSSR count). The summed E-state index contributed by atoms with van der Waals surface area (Å²) in [7, 11) is 0. The van der Waals surface area contributed by atoms with E-state index in [2.05, 4.69) is 20.9 Å². The van der Waals surface area contributed by atoms with Crippen molar-refractivity contribution in [1.29, 1.82) is 0 Å². The number of benzene rings is 1. The molecular weight excluding hydrogens is 328 g/mol. The first kappa shape index (κ1) is 14.1. The highest BCUT2D eigenvalue weighted by molar-refractivity contribution is 9.08. The second-order valence-electron chi connectivity index (χ2n) is 4.37. The van der Waals surface area contributed by atoms with Crippen molar-refractivity contribution in [3.8, 4) is 0 Å². The van der Waals surface area contributed by atoms with Crippen LogP contribution in [0.3, 0.4) is 0 Å². The zero-order valence-corrected chi connectivity index (χ0v) is 13.0. The smallest absolute Gasteiger partial charge is 0.258 e. The molecule has 0 saturated carbocycles. The lowest BCUT2D eigenvalue weighted by atomic mass is 10.0. The van der Waals surface area contributed by atoms with Gasteiger partial charge in [-0.3, -0.25) is 10.1 Å². The van der Waals surface area contributed by atoms with Crippen molar-refractivity contribution in [3.05, 3.63) is 55.0 Å². The minimum atomic E-state index is -0.335. The van der Waals surface area contributed by atoms with E-state index in [9.17, 15) is 10.1 Å². The summed E-state index contributed by atoms with van der Waals surface area (Å²) in [6.45, 7) is 3.67. The van der Waals surface area contributed by atoms with Crippen LogP contribution in [-0.2, 0) is 11.8 Å². The maximum absolute atomic E-state index is 10.9. The summed E-state index contributed by atoms with van der Waals surface area (Å²) < 4.78 is 0. The van der Waals surface area contributed by atoms with Crippen LogP contribution in [0.5, 0.6) is 0 Å². The quantitative estimate of drug-likeness (QED) is 0.477. The van der Waals surface area contributed by atoms with Crippen molar-refractivity contribution >= 4 is 33.0 Å². The highest BCUT2D eigenvalue weighted by Crippen LogP contribution is 2.25. The maximum atomic E-state index is 10.9. The molecule has 0 fully saturated rings. The number of nitrogens with zero attached hydrogens (tertiary/aromatic N) is 2. The van der Waals surface area contributed by atoms with Crippen LogP contribution in [0, 0.1) is 24.0 Å². The van der Waals surface area contributed by atoms with Crippen LogP contribution in [0.1, 0.15) is 27.4 Å². The molecule has 1 aromatic heterocycles. The van der Waals surface area contributed by atoms with E-state index < -0.39 is 0 Å². The summed E-state index contributed by atoms with van der Waals surface area (Å²) in [5.74, 6) is 0. The number of hydrogen-bond acceptors (Lipinski definition) is 4. The Kier molecular flexibility index (Phi) is 4.31. The summed E-state index contributed by atoms with van der Waals surface area (Å²) in [5.41, 5.74) is 3.94. The van der Waals surface area contributed by atoms with Crippen LogP contribution in [0.4, 0.5) is 5.69 Å². The third kappa shape index (κ3) is 3.19.